The van der Waals surface area contributed by atoms with E-state index in [1.165, 1.54) is 16.6 Å². The SMILES string of the molecule is CC1CCC([Si](C(C)C)(C2CCC(C)CC2)C2CCC(C)CC2)CC1. The van der Waals surface area contributed by atoms with Gasteiger partial charge in [-0.1, -0.05) is 117 Å². The Hall–Kier alpha value is 0.217. The maximum atomic E-state index is 2.68. The van der Waals surface area contributed by atoms with Gasteiger partial charge in [0.05, 0.1) is 8.07 Å². The number of hydrogen-bond donors (Lipinski definition) is 0. The van der Waals surface area contributed by atoms with Gasteiger partial charge in [-0.05, 0) is 34.4 Å². The molecule has 0 amide bonds. The van der Waals surface area contributed by atoms with Crippen molar-refractivity contribution in [3.05, 3.63) is 0 Å². The van der Waals surface area contributed by atoms with Crippen molar-refractivity contribution in [3.63, 3.8) is 0 Å². The van der Waals surface area contributed by atoms with Gasteiger partial charge in [-0.25, -0.2) is 0 Å². The van der Waals surface area contributed by atoms with Crippen molar-refractivity contribution in [3.8, 4) is 0 Å². The van der Waals surface area contributed by atoms with Crippen LogP contribution in [-0.2, 0) is 0 Å². The monoisotopic (exact) mass is 362 g/mol. The summed E-state index contributed by atoms with van der Waals surface area (Å²) in [7, 11) is -1.26. The Morgan fingerprint density at radius 3 is 0.920 bits per heavy atom. The second kappa shape index (κ2) is 8.49. The molecule has 0 atom stereocenters. The second-order valence-electron chi connectivity index (χ2n) is 11.0. The van der Waals surface area contributed by atoms with Gasteiger partial charge in [-0.2, -0.15) is 0 Å². The molecule has 0 heterocycles. The Morgan fingerprint density at radius 2 is 0.720 bits per heavy atom. The molecule has 3 aliphatic carbocycles. The summed E-state index contributed by atoms with van der Waals surface area (Å²) in [6, 6.07) is 0. The number of rotatable bonds is 4. The smallest absolute Gasteiger partial charge is 0.0651 e. The summed E-state index contributed by atoms with van der Waals surface area (Å²) >= 11 is 0. The predicted molar refractivity (Wildman–Crippen MR) is 115 cm³/mol. The summed E-state index contributed by atoms with van der Waals surface area (Å²) in [6.45, 7) is 12.9. The van der Waals surface area contributed by atoms with E-state index < -0.39 is 8.07 Å². The van der Waals surface area contributed by atoms with Gasteiger partial charge >= 0.3 is 0 Å². The lowest BCUT2D eigenvalue weighted by atomic mass is 9.89. The largest absolute Gasteiger partial charge is 0.0654 e. The Labute approximate surface area is 159 Å². The van der Waals surface area contributed by atoms with E-state index in [2.05, 4.69) is 34.6 Å². The van der Waals surface area contributed by atoms with Crippen LogP contribution in [0.15, 0.2) is 0 Å². The highest BCUT2D eigenvalue weighted by molar-refractivity contribution is 6.85. The van der Waals surface area contributed by atoms with Gasteiger partial charge in [0.25, 0.3) is 0 Å². The van der Waals surface area contributed by atoms with Gasteiger partial charge in [0.1, 0.15) is 0 Å². The average molecular weight is 363 g/mol. The summed E-state index contributed by atoms with van der Waals surface area (Å²) in [5.74, 6) is 3.02. The van der Waals surface area contributed by atoms with Crippen LogP contribution in [0.5, 0.6) is 0 Å². The zero-order valence-corrected chi connectivity index (χ0v) is 19.0. The minimum atomic E-state index is -1.26. The molecule has 0 aliphatic heterocycles. The zero-order chi connectivity index (χ0) is 18.0. The highest BCUT2D eigenvalue weighted by Crippen LogP contribution is 2.62. The molecule has 0 N–H and O–H groups in total. The van der Waals surface area contributed by atoms with Crippen LogP contribution in [-0.4, -0.2) is 8.07 Å². The molecule has 3 rings (SSSR count). The third kappa shape index (κ3) is 4.07. The van der Waals surface area contributed by atoms with E-state index in [-0.39, 0.29) is 0 Å². The fraction of sp³-hybridized carbons (Fsp3) is 1.00. The van der Waals surface area contributed by atoms with Crippen molar-refractivity contribution in [2.45, 2.75) is 134 Å². The summed E-state index contributed by atoms with van der Waals surface area (Å²) in [5, 5.41) is 0. The molecule has 0 nitrogen and oxygen atoms in total. The van der Waals surface area contributed by atoms with E-state index in [0.29, 0.717) is 0 Å². The fourth-order valence-corrected chi connectivity index (χ4v) is 16.5. The van der Waals surface area contributed by atoms with Crippen molar-refractivity contribution in [2.24, 2.45) is 17.8 Å². The van der Waals surface area contributed by atoms with E-state index >= 15 is 0 Å². The minimum absolute atomic E-state index is 1.01. The third-order valence-electron chi connectivity index (χ3n) is 9.17. The molecule has 0 bridgehead atoms. The summed E-state index contributed by atoms with van der Waals surface area (Å²) < 4.78 is 0. The van der Waals surface area contributed by atoms with Crippen LogP contribution in [0.1, 0.15) is 112 Å². The van der Waals surface area contributed by atoms with Crippen molar-refractivity contribution >= 4 is 8.07 Å². The van der Waals surface area contributed by atoms with Gasteiger partial charge in [-0.3, -0.25) is 0 Å². The van der Waals surface area contributed by atoms with E-state index in [4.69, 9.17) is 0 Å². The molecule has 0 aromatic rings. The van der Waals surface area contributed by atoms with Gasteiger partial charge in [-0.15, -0.1) is 0 Å². The van der Waals surface area contributed by atoms with Crippen molar-refractivity contribution in [2.75, 3.05) is 0 Å². The van der Waals surface area contributed by atoms with E-state index in [0.717, 1.165) is 23.3 Å². The van der Waals surface area contributed by atoms with Crippen LogP contribution < -0.4 is 0 Å². The Morgan fingerprint density at radius 1 is 0.480 bits per heavy atom. The molecule has 0 unspecified atom stereocenters. The van der Waals surface area contributed by atoms with Crippen molar-refractivity contribution in [1.29, 1.82) is 0 Å². The van der Waals surface area contributed by atoms with Gasteiger partial charge in [0.2, 0.25) is 0 Å². The zero-order valence-electron chi connectivity index (χ0n) is 18.0. The van der Waals surface area contributed by atoms with Crippen LogP contribution >= 0.6 is 0 Å². The minimum Gasteiger partial charge on any atom is -0.0651 e. The lowest BCUT2D eigenvalue weighted by molar-refractivity contribution is 0.323. The molecule has 0 radical (unpaired) electrons. The van der Waals surface area contributed by atoms with Crippen LogP contribution in [0, 0.1) is 17.8 Å². The molecule has 0 saturated heterocycles. The van der Waals surface area contributed by atoms with Gasteiger partial charge in [0, 0.05) is 0 Å². The molecule has 0 aromatic carbocycles. The molecule has 146 valence electrons. The molecule has 0 spiro atoms. The molecule has 3 aliphatic rings. The highest BCUT2D eigenvalue weighted by Gasteiger charge is 2.54. The first-order valence-electron chi connectivity index (χ1n) is 11.9. The normalized spacial score (nSPS) is 43.0. The molecule has 1 heteroatoms. The van der Waals surface area contributed by atoms with E-state index in [9.17, 15) is 0 Å². The predicted octanol–water partition coefficient (Wildman–Crippen LogP) is 8.59. The molecule has 3 saturated carbocycles. The first kappa shape index (κ1) is 20.0. The molecular formula is C24H46Si. The summed E-state index contributed by atoms with van der Waals surface area (Å²) in [4.78, 5) is 0. The fourth-order valence-electron chi connectivity index (χ4n) is 7.69. The van der Waals surface area contributed by atoms with E-state index in [1.54, 1.807) is 77.0 Å². The molecule has 3 fully saturated rings. The Kier molecular flexibility index (Phi) is 6.78. The summed E-state index contributed by atoms with van der Waals surface area (Å²) in [6.07, 6.45) is 18.8. The van der Waals surface area contributed by atoms with Crippen LogP contribution in [0.3, 0.4) is 0 Å². The highest BCUT2D eigenvalue weighted by atomic mass is 28.3. The maximum Gasteiger partial charge on any atom is 0.0654 e. The molecule has 0 aromatic heterocycles. The van der Waals surface area contributed by atoms with E-state index in [1.807, 2.05) is 0 Å². The molecular weight excluding hydrogens is 316 g/mol. The lowest BCUT2D eigenvalue weighted by Crippen LogP contribution is -2.54. The van der Waals surface area contributed by atoms with Gasteiger partial charge in [0.15, 0.2) is 0 Å². The first-order chi connectivity index (χ1) is 11.9. The Balaban J connectivity index is 1.89. The quantitative estimate of drug-likeness (QED) is 0.439. The number of hydrogen-bond acceptors (Lipinski definition) is 0. The third-order valence-corrected chi connectivity index (χ3v) is 17.1. The standard InChI is InChI=1S/C24H46Si/c1-18(2)25(22-12-6-19(3)7-13-22,23-14-8-20(4)9-15-23)24-16-10-21(5)11-17-24/h18-24H,6-17H2,1-5H3. The van der Waals surface area contributed by atoms with Gasteiger partial charge < -0.3 is 0 Å². The molecule has 25 heavy (non-hydrogen) atoms. The Bertz CT molecular complexity index is 335. The first-order valence-corrected chi connectivity index (χ1v) is 14.2. The summed E-state index contributed by atoms with van der Waals surface area (Å²) in [5.41, 5.74) is 4.52. The average Bonchev–Trinajstić information content (AvgIpc) is 2.60. The lowest BCUT2D eigenvalue weighted by Gasteiger charge is -2.57. The topological polar surface area (TPSA) is 0 Å². The maximum absolute atomic E-state index is 2.68. The second-order valence-corrected chi connectivity index (χ2v) is 16.6. The van der Waals surface area contributed by atoms with Crippen LogP contribution in [0.4, 0.5) is 0 Å². The van der Waals surface area contributed by atoms with Crippen LogP contribution in [0.2, 0.25) is 22.2 Å². The van der Waals surface area contributed by atoms with Crippen LogP contribution in [0.25, 0.3) is 0 Å². The van der Waals surface area contributed by atoms with Crippen molar-refractivity contribution in [1.82, 2.24) is 0 Å². The van der Waals surface area contributed by atoms with Crippen molar-refractivity contribution < 1.29 is 0 Å².